The molecule has 1 aliphatic heterocycles. The van der Waals surface area contributed by atoms with Gasteiger partial charge in [-0.05, 0) is 36.8 Å². The van der Waals surface area contributed by atoms with Gasteiger partial charge in [0.05, 0.1) is 31.1 Å². The van der Waals surface area contributed by atoms with Gasteiger partial charge in [0.2, 0.25) is 10.0 Å². The fourth-order valence-electron chi connectivity index (χ4n) is 3.06. The van der Waals surface area contributed by atoms with Gasteiger partial charge in [-0.1, -0.05) is 24.3 Å². The van der Waals surface area contributed by atoms with E-state index in [4.69, 9.17) is 0 Å². The van der Waals surface area contributed by atoms with Crippen molar-refractivity contribution in [1.29, 1.82) is 0 Å². The van der Waals surface area contributed by atoms with Gasteiger partial charge in [-0.3, -0.25) is 4.79 Å². The first-order valence-corrected chi connectivity index (χ1v) is 10.2. The van der Waals surface area contributed by atoms with Crippen molar-refractivity contribution >= 4 is 21.6 Å². The van der Waals surface area contributed by atoms with Crippen LogP contribution in [0.1, 0.15) is 5.56 Å². The molecule has 1 saturated heterocycles. The van der Waals surface area contributed by atoms with Crippen LogP contribution in [-0.4, -0.2) is 51.4 Å². The van der Waals surface area contributed by atoms with Gasteiger partial charge in [0, 0.05) is 5.69 Å². The molecule has 3 rings (SSSR count). The number of carbonyl (C=O) groups is 1. The topological polar surface area (TPSA) is 70.9 Å². The lowest BCUT2D eigenvalue weighted by Crippen LogP contribution is -3.15. The van der Waals surface area contributed by atoms with E-state index in [1.807, 2.05) is 0 Å². The Hall–Kier alpha value is -2.29. The van der Waals surface area contributed by atoms with Crippen molar-refractivity contribution in [2.45, 2.75) is 11.8 Å². The number of anilines is 1. The van der Waals surface area contributed by atoms with Gasteiger partial charge in [0.15, 0.2) is 6.54 Å². The lowest BCUT2D eigenvalue weighted by Gasteiger charge is -2.31. The molecule has 1 amide bonds. The number of piperazine rings is 1. The maximum absolute atomic E-state index is 13.6. The molecule has 0 spiro atoms. The van der Waals surface area contributed by atoms with Crippen molar-refractivity contribution in [3.8, 4) is 0 Å². The number of hydrogen-bond donors (Lipinski definition) is 2. The Bertz CT molecular complexity index is 911. The first-order chi connectivity index (χ1) is 12.9. The molecule has 144 valence electrons. The molecule has 0 saturated carbocycles. The third-order valence-corrected chi connectivity index (χ3v) is 6.59. The fraction of sp³-hybridized carbons (Fsp3) is 0.316. The molecule has 0 unspecified atom stereocenters. The number of quaternary nitrogens is 1. The summed E-state index contributed by atoms with van der Waals surface area (Å²) in [5, 5.41) is 2.69. The summed E-state index contributed by atoms with van der Waals surface area (Å²) in [7, 11) is -3.49. The second kappa shape index (κ2) is 8.16. The van der Waals surface area contributed by atoms with E-state index in [1.54, 1.807) is 49.4 Å². The number of nitrogens with zero attached hydrogens (tertiary/aromatic N) is 1. The zero-order valence-electron chi connectivity index (χ0n) is 15.1. The number of aryl methyl sites for hydroxylation is 1. The van der Waals surface area contributed by atoms with Crippen LogP contribution in [0, 0.1) is 12.7 Å². The number of carbonyl (C=O) groups excluding carboxylic acids is 1. The second-order valence-corrected chi connectivity index (χ2v) is 8.59. The molecule has 27 heavy (non-hydrogen) atoms. The van der Waals surface area contributed by atoms with Gasteiger partial charge in [-0.2, -0.15) is 4.31 Å². The van der Waals surface area contributed by atoms with E-state index >= 15 is 0 Å². The predicted octanol–water partition coefficient (Wildman–Crippen LogP) is 0.662. The summed E-state index contributed by atoms with van der Waals surface area (Å²) in [5.41, 5.74) is 0.946. The van der Waals surface area contributed by atoms with Gasteiger partial charge in [-0.15, -0.1) is 0 Å². The molecule has 6 nitrogen and oxygen atoms in total. The fourth-order valence-corrected chi connectivity index (χ4v) is 4.53. The Morgan fingerprint density at radius 1 is 1.15 bits per heavy atom. The summed E-state index contributed by atoms with van der Waals surface area (Å²) < 4.78 is 40.3. The SMILES string of the molecule is Cc1ccc(NC(=O)C[NH+]2CCN(S(=O)(=O)c3ccccc3)CC2)cc1F. The van der Waals surface area contributed by atoms with Crippen LogP contribution in [0.15, 0.2) is 53.4 Å². The average Bonchev–Trinajstić information content (AvgIpc) is 2.66. The van der Waals surface area contributed by atoms with E-state index < -0.39 is 10.0 Å². The highest BCUT2D eigenvalue weighted by Gasteiger charge is 2.30. The molecular formula is C19H23FN3O3S+. The van der Waals surface area contributed by atoms with Crippen molar-refractivity contribution in [3.05, 3.63) is 59.9 Å². The summed E-state index contributed by atoms with van der Waals surface area (Å²) in [6.45, 7) is 3.68. The van der Waals surface area contributed by atoms with Crippen LogP contribution >= 0.6 is 0 Å². The van der Waals surface area contributed by atoms with E-state index in [0.29, 0.717) is 37.4 Å². The molecule has 0 aliphatic carbocycles. The summed E-state index contributed by atoms with van der Waals surface area (Å²) >= 11 is 0. The molecule has 1 fully saturated rings. The first-order valence-electron chi connectivity index (χ1n) is 8.81. The van der Waals surface area contributed by atoms with Crippen LogP contribution in [0.4, 0.5) is 10.1 Å². The number of rotatable bonds is 5. The van der Waals surface area contributed by atoms with E-state index in [0.717, 1.165) is 4.90 Å². The largest absolute Gasteiger partial charge is 0.325 e. The number of benzene rings is 2. The van der Waals surface area contributed by atoms with Crippen LogP contribution in [-0.2, 0) is 14.8 Å². The van der Waals surface area contributed by atoms with Crippen LogP contribution < -0.4 is 10.2 Å². The van der Waals surface area contributed by atoms with E-state index in [1.165, 1.54) is 10.4 Å². The van der Waals surface area contributed by atoms with Crippen molar-refractivity contribution in [2.24, 2.45) is 0 Å². The molecule has 0 aromatic heterocycles. The Kier molecular flexibility index (Phi) is 5.88. The van der Waals surface area contributed by atoms with Gasteiger partial charge in [-0.25, -0.2) is 12.8 Å². The van der Waals surface area contributed by atoms with Gasteiger partial charge >= 0.3 is 0 Å². The molecule has 1 aliphatic rings. The number of amides is 1. The molecule has 0 bridgehead atoms. The first kappa shape index (κ1) is 19.5. The summed E-state index contributed by atoms with van der Waals surface area (Å²) in [6.07, 6.45) is 0. The molecule has 2 aromatic carbocycles. The third-order valence-electron chi connectivity index (χ3n) is 4.68. The molecule has 0 radical (unpaired) electrons. The highest BCUT2D eigenvalue weighted by Crippen LogP contribution is 2.15. The Morgan fingerprint density at radius 2 is 1.81 bits per heavy atom. The minimum atomic E-state index is -3.49. The lowest BCUT2D eigenvalue weighted by molar-refractivity contribution is -0.895. The van der Waals surface area contributed by atoms with Crippen LogP contribution in [0.25, 0.3) is 0 Å². The third kappa shape index (κ3) is 4.71. The smallest absolute Gasteiger partial charge is 0.279 e. The molecule has 2 N–H and O–H groups in total. The van der Waals surface area contributed by atoms with Gasteiger partial charge in [0.25, 0.3) is 5.91 Å². The Morgan fingerprint density at radius 3 is 2.44 bits per heavy atom. The number of hydrogen-bond acceptors (Lipinski definition) is 3. The molecule has 0 atom stereocenters. The Labute approximate surface area is 158 Å². The summed E-state index contributed by atoms with van der Waals surface area (Å²) in [4.78, 5) is 13.5. The van der Waals surface area contributed by atoms with Crippen LogP contribution in [0.2, 0.25) is 0 Å². The monoisotopic (exact) mass is 392 g/mol. The molecule has 2 aromatic rings. The zero-order chi connectivity index (χ0) is 19.4. The minimum Gasteiger partial charge on any atom is -0.325 e. The quantitative estimate of drug-likeness (QED) is 0.786. The van der Waals surface area contributed by atoms with Crippen molar-refractivity contribution in [3.63, 3.8) is 0 Å². The number of nitrogens with one attached hydrogen (secondary N) is 2. The van der Waals surface area contributed by atoms with Crippen LogP contribution in [0.5, 0.6) is 0 Å². The highest BCUT2D eigenvalue weighted by molar-refractivity contribution is 7.89. The molecule has 8 heteroatoms. The summed E-state index contributed by atoms with van der Waals surface area (Å²) in [6, 6.07) is 12.9. The average molecular weight is 392 g/mol. The second-order valence-electron chi connectivity index (χ2n) is 6.66. The predicted molar refractivity (Wildman–Crippen MR) is 101 cm³/mol. The summed E-state index contributed by atoms with van der Waals surface area (Å²) in [5.74, 6) is -0.576. The van der Waals surface area contributed by atoms with Crippen LogP contribution in [0.3, 0.4) is 0 Å². The standard InChI is InChI=1S/C19H22FN3O3S/c1-15-7-8-16(13-18(15)20)21-19(24)14-22-9-11-23(12-10-22)27(25,26)17-5-3-2-4-6-17/h2-8,13H,9-12,14H2,1H3,(H,21,24)/p+1. The van der Waals surface area contributed by atoms with Crippen molar-refractivity contribution in [1.82, 2.24) is 4.31 Å². The Balaban J connectivity index is 1.53. The number of halogens is 1. The van der Waals surface area contributed by atoms with Crippen molar-refractivity contribution < 1.29 is 22.5 Å². The maximum Gasteiger partial charge on any atom is 0.279 e. The van der Waals surface area contributed by atoms with Gasteiger partial charge < -0.3 is 10.2 Å². The minimum absolute atomic E-state index is 0.215. The molecular weight excluding hydrogens is 369 g/mol. The molecule has 1 heterocycles. The lowest BCUT2D eigenvalue weighted by atomic mass is 10.2. The number of sulfonamides is 1. The normalized spacial score (nSPS) is 16.2. The zero-order valence-corrected chi connectivity index (χ0v) is 15.9. The van der Waals surface area contributed by atoms with E-state index in [9.17, 15) is 17.6 Å². The van der Waals surface area contributed by atoms with E-state index in [-0.39, 0.29) is 23.2 Å². The van der Waals surface area contributed by atoms with E-state index in [2.05, 4.69) is 5.32 Å². The van der Waals surface area contributed by atoms with Gasteiger partial charge in [0.1, 0.15) is 5.82 Å². The maximum atomic E-state index is 13.6. The van der Waals surface area contributed by atoms with Crippen molar-refractivity contribution in [2.75, 3.05) is 38.0 Å². The highest BCUT2D eigenvalue weighted by atomic mass is 32.2.